The van der Waals surface area contributed by atoms with Crippen LogP contribution in [0.1, 0.15) is 11.7 Å². The summed E-state index contributed by atoms with van der Waals surface area (Å²) < 4.78 is 5.67. The smallest absolute Gasteiger partial charge is 0.236 e. The first-order valence-corrected chi connectivity index (χ1v) is 6.31. The predicted octanol–water partition coefficient (Wildman–Crippen LogP) is 0.867. The Bertz CT molecular complexity index is 340. The Morgan fingerprint density at radius 1 is 1.75 bits per heavy atom. The van der Waals surface area contributed by atoms with E-state index in [1.165, 1.54) is 5.56 Å². The van der Waals surface area contributed by atoms with E-state index in [0.29, 0.717) is 26.2 Å². The van der Waals surface area contributed by atoms with Crippen LogP contribution in [0.3, 0.4) is 0 Å². The lowest BCUT2D eigenvalue weighted by Crippen LogP contribution is -2.45. The van der Waals surface area contributed by atoms with Gasteiger partial charge in [0.1, 0.15) is 6.10 Å². The van der Waals surface area contributed by atoms with Gasteiger partial charge in [0.2, 0.25) is 5.91 Å². The van der Waals surface area contributed by atoms with Gasteiger partial charge in [-0.2, -0.15) is 11.3 Å². The first-order valence-electron chi connectivity index (χ1n) is 5.37. The van der Waals surface area contributed by atoms with Gasteiger partial charge in [0.25, 0.3) is 0 Å². The highest BCUT2D eigenvalue weighted by Gasteiger charge is 2.24. The number of thiophene rings is 1. The second kappa shape index (κ2) is 5.43. The standard InChI is InChI=1S/C11H16N2O2S/c1-12-6-11(14)13-3-4-15-10(7-13)9-2-5-16-8-9/h2,5,8,10,12H,3-4,6-7H2,1H3. The molecule has 1 aromatic rings. The molecule has 1 aromatic heterocycles. The summed E-state index contributed by atoms with van der Waals surface area (Å²) in [5.41, 5.74) is 1.17. The third kappa shape index (κ3) is 2.61. The number of likely N-dealkylation sites (N-methyl/N-ethyl adjacent to an activating group) is 1. The molecule has 1 aliphatic rings. The highest BCUT2D eigenvalue weighted by molar-refractivity contribution is 7.07. The Morgan fingerprint density at radius 3 is 3.31 bits per heavy atom. The van der Waals surface area contributed by atoms with E-state index in [1.54, 1.807) is 18.4 Å². The summed E-state index contributed by atoms with van der Waals surface area (Å²) in [6.07, 6.45) is 0.0424. The van der Waals surface area contributed by atoms with Gasteiger partial charge in [-0.25, -0.2) is 0 Å². The van der Waals surface area contributed by atoms with Crippen LogP contribution in [-0.4, -0.2) is 44.1 Å². The van der Waals surface area contributed by atoms with E-state index in [9.17, 15) is 4.79 Å². The van der Waals surface area contributed by atoms with E-state index in [-0.39, 0.29) is 12.0 Å². The van der Waals surface area contributed by atoms with Crippen LogP contribution < -0.4 is 5.32 Å². The van der Waals surface area contributed by atoms with Crippen molar-refractivity contribution >= 4 is 17.2 Å². The number of amides is 1. The van der Waals surface area contributed by atoms with Crippen LogP contribution in [0.5, 0.6) is 0 Å². The van der Waals surface area contributed by atoms with Crippen molar-refractivity contribution in [3.8, 4) is 0 Å². The first kappa shape index (κ1) is 11.6. The molecule has 0 radical (unpaired) electrons. The number of hydrogen-bond acceptors (Lipinski definition) is 4. The second-order valence-corrected chi connectivity index (χ2v) is 4.57. The Kier molecular flexibility index (Phi) is 3.93. The summed E-state index contributed by atoms with van der Waals surface area (Å²) >= 11 is 1.66. The van der Waals surface area contributed by atoms with E-state index in [4.69, 9.17) is 4.74 Å². The van der Waals surface area contributed by atoms with Gasteiger partial charge in [-0.3, -0.25) is 4.79 Å². The Hall–Kier alpha value is -0.910. The SMILES string of the molecule is CNCC(=O)N1CCOC(c2ccsc2)C1. The van der Waals surface area contributed by atoms with E-state index >= 15 is 0 Å². The third-order valence-corrected chi connectivity index (χ3v) is 3.36. The molecule has 88 valence electrons. The van der Waals surface area contributed by atoms with Crippen LogP contribution in [0.15, 0.2) is 16.8 Å². The molecule has 0 saturated carbocycles. The molecule has 0 aliphatic carbocycles. The minimum atomic E-state index is 0.0424. The number of nitrogens with zero attached hydrogens (tertiary/aromatic N) is 1. The summed E-state index contributed by atoms with van der Waals surface area (Å²) in [6, 6.07) is 2.06. The Morgan fingerprint density at radius 2 is 2.62 bits per heavy atom. The fourth-order valence-corrected chi connectivity index (χ4v) is 2.50. The summed E-state index contributed by atoms with van der Waals surface area (Å²) in [4.78, 5) is 13.6. The zero-order valence-electron chi connectivity index (χ0n) is 9.31. The van der Waals surface area contributed by atoms with E-state index in [0.717, 1.165) is 0 Å². The monoisotopic (exact) mass is 240 g/mol. The lowest BCUT2D eigenvalue weighted by molar-refractivity contribution is -0.137. The highest BCUT2D eigenvalue weighted by Crippen LogP contribution is 2.23. The molecule has 1 saturated heterocycles. The molecular weight excluding hydrogens is 224 g/mol. The van der Waals surface area contributed by atoms with Crippen molar-refractivity contribution in [2.24, 2.45) is 0 Å². The molecule has 2 heterocycles. The molecule has 2 rings (SSSR count). The molecule has 1 atom stereocenters. The normalized spacial score (nSPS) is 21.1. The minimum Gasteiger partial charge on any atom is -0.370 e. The fourth-order valence-electron chi connectivity index (χ4n) is 1.80. The average Bonchev–Trinajstić information content (AvgIpc) is 2.83. The van der Waals surface area contributed by atoms with Crippen LogP contribution in [0.2, 0.25) is 0 Å². The number of morpholine rings is 1. The second-order valence-electron chi connectivity index (χ2n) is 3.79. The molecular formula is C11H16N2O2S. The van der Waals surface area contributed by atoms with Crippen molar-refractivity contribution in [1.29, 1.82) is 0 Å². The van der Waals surface area contributed by atoms with Crippen LogP contribution >= 0.6 is 11.3 Å². The molecule has 1 unspecified atom stereocenters. The largest absolute Gasteiger partial charge is 0.370 e. The van der Waals surface area contributed by atoms with Gasteiger partial charge >= 0.3 is 0 Å². The highest BCUT2D eigenvalue weighted by atomic mass is 32.1. The van der Waals surface area contributed by atoms with Crippen LogP contribution in [0.4, 0.5) is 0 Å². The maximum atomic E-state index is 11.7. The van der Waals surface area contributed by atoms with Crippen molar-refractivity contribution in [3.63, 3.8) is 0 Å². The number of hydrogen-bond donors (Lipinski definition) is 1. The van der Waals surface area contributed by atoms with Gasteiger partial charge in [0.15, 0.2) is 0 Å². The van der Waals surface area contributed by atoms with Gasteiger partial charge < -0.3 is 15.0 Å². The van der Waals surface area contributed by atoms with Gasteiger partial charge in [-0.15, -0.1) is 0 Å². The van der Waals surface area contributed by atoms with Crippen molar-refractivity contribution < 1.29 is 9.53 Å². The Labute approximate surface area is 99.2 Å². The summed E-state index contributed by atoms with van der Waals surface area (Å²) in [6.45, 7) is 2.38. The van der Waals surface area contributed by atoms with Crippen LogP contribution in [0.25, 0.3) is 0 Å². The molecule has 1 aliphatic heterocycles. The van der Waals surface area contributed by atoms with Crippen LogP contribution in [-0.2, 0) is 9.53 Å². The van der Waals surface area contributed by atoms with Crippen molar-refractivity contribution in [2.75, 3.05) is 33.3 Å². The molecule has 0 aromatic carbocycles. The maximum absolute atomic E-state index is 11.7. The van der Waals surface area contributed by atoms with E-state index < -0.39 is 0 Å². The molecule has 5 heteroatoms. The lowest BCUT2D eigenvalue weighted by Gasteiger charge is -2.32. The molecule has 16 heavy (non-hydrogen) atoms. The molecule has 1 amide bonds. The quantitative estimate of drug-likeness (QED) is 0.852. The van der Waals surface area contributed by atoms with Gasteiger partial charge in [0.05, 0.1) is 19.7 Å². The molecule has 1 N–H and O–H groups in total. The zero-order valence-corrected chi connectivity index (χ0v) is 10.1. The summed E-state index contributed by atoms with van der Waals surface area (Å²) in [7, 11) is 1.79. The number of nitrogens with one attached hydrogen (secondary N) is 1. The van der Waals surface area contributed by atoms with Gasteiger partial charge in [0, 0.05) is 6.54 Å². The predicted molar refractivity (Wildman–Crippen MR) is 63.5 cm³/mol. The van der Waals surface area contributed by atoms with Crippen molar-refractivity contribution in [2.45, 2.75) is 6.10 Å². The molecule has 0 bridgehead atoms. The lowest BCUT2D eigenvalue weighted by atomic mass is 10.1. The molecule has 4 nitrogen and oxygen atoms in total. The Balaban J connectivity index is 1.96. The summed E-state index contributed by atoms with van der Waals surface area (Å²) in [5.74, 6) is 0.144. The molecule has 0 spiro atoms. The average molecular weight is 240 g/mol. The van der Waals surface area contributed by atoms with Crippen LogP contribution in [0, 0.1) is 0 Å². The van der Waals surface area contributed by atoms with E-state index in [2.05, 4.69) is 16.8 Å². The third-order valence-electron chi connectivity index (χ3n) is 2.66. The zero-order chi connectivity index (χ0) is 11.4. The van der Waals surface area contributed by atoms with E-state index in [1.807, 2.05) is 10.3 Å². The number of ether oxygens (including phenoxy) is 1. The molecule has 1 fully saturated rings. The topological polar surface area (TPSA) is 41.6 Å². The number of carbonyl (C=O) groups excluding carboxylic acids is 1. The van der Waals surface area contributed by atoms with Gasteiger partial charge in [-0.1, -0.05) is 0 Å². The van der Waals surface area contributed by atoms with Crippen molar-refractivity contribution in [3.05, 3.63) is 22.4 Å². The maximum Gasteiger partial charge on any atom is 0.236 e. The minimum absolute atomic E-state index is 0.0424. The summed E-state index contributed by atoms with van der Waals surface area (Å²) in [5, 5.41) is 7.00. The fraction of sp³-hybridized carbons (Fsp3) is 0.545. The first-order chi connectivity index (χ1) is 7.81. The number of rotatable bonds is 3. The van der Waals surface area contributed by atoms with Crippen molar-refractivity contribution in [1.82, 2.24) is 10.2 Å². The number of carbonyl (C=O) groups is 1. The van der Waals surface area contributed by atoms with Gasteiger partial charge in [-0.05, 0) is 29.4 Å².